The molecule has 13 heteroatoms. The fourth-order valence-electron chi connectivity index (χ4n) is 2.28. The summed E-state index contributed by atoms with van der Waals surface area (Å²) in [6.07, 6.45) is 1.31. The number of rotatable bonds is 12. The van der Waals surface area contributed by atoms with Gasteiger partial charge in [-0.15, -0.1) is 20.2 Å². The van der Waals surface area contributed by atoms with Gasteiger partial charge in [0.25, 0.3) is 10.2 Å². The summed E-state index contributed by atoms with van der Waals surface area (Å²) in [5, 5.41) is 18.1. The Morgan fingerprint density at radius 3 is 2.15 bits per heavy atom. The van der Waals surface area contributed by atoms with Crippen LogP contribution < -0.4 is 0 Å². The largest absolute Gasteiger partial charge is 0.464 e. The average molecular weight is 379 g/mol. The zero-order valence-corrected chi connectivity index (χ0v) is 14.1. The number of likely N-dealkylation sites (tertiary alicyclic amines) is 1. The van der Waals surface area contributed by atoms with Crippen molar-refractivity contribution in [3.63, 3.8) is 0 Å². The van der Waals surface area contributed by atoms with Crippen molar-refractivity contribution in [2.45, 2.75) is 38.1 Å². The first-order valence-corrected chi connectivity index (χ1v) is 8.06. The van der Waals surface area contributed by atoms with Crippen molar-refractivity contribution in [3.05, 3.63) is 20.2 Å². The minimum atomic E-state index is -0.930. The second-order valence-electron chi connectivity index (χ2n) is 5.31. The van der Waals surface area contributed by atoms with Gasteiger partial charge in [0.05, 0.1) is 26.4 Å². The van der Waals surface area contributed by atoms with Crippen molar-refractivity contribution in [3.8, 4) is 0 Å². The molecule has 1 saturated heterocycles. The van der Waals surface area contributed by atoms with Crippen molar-refractivity contribution in [1.29, 1.82) is 0 Å². The van der Waals surface area contributed by atoms with Crippen LogP contribution in [0.5, 0.6) is 0 Å². The minimum absolute atomic E-state index is 0.0520. The molecule has 0 aromatic rings. The molecule has 0 bridgehead atoms. The topological polar surface area (TPSA) is 161 Å². The van der Waals surface area contributed by atoms with Crippen molar-refractivity contribution in [1.82, 2.24) is 4.90 Å². The van der Waals surface area contributed by atoms with Crippen LogP contribution in [0.4, 0.5) is 4.79 Å². The van der Waals surface area contributed by atoms with E-state index >= 15 is 0 Å². The molecule has 13 nitrogen and oxygen atoms in total. The van der Waals surface area contributed by atoms with Gasteiger partial charge in [-0.25, -0.2) is 9.59 Å². The van der Waals surface area contributed by atoms with Crippen LogP contribution in [0.15, 0.2) is 0 Å². The molecule has 0 N–H and O–H groups in total. The Morgan fingerprint density at radius 1 is 0.923 bits per heavy atom. The Labute approximate surface area is 148 Å². The van der Waals surface area contributed by atoms with Gasteiger partial charge in [-0.1, -0.05) is 0 Å². The third kappa shape index (κ3) is 8.30. The van der Waals surface area contributed by atoms with Crippen LogP contribution >= 0.6 is 0 Å². The van der Waals surface area contributed by atoms with Crippen molar-refractivity contribution in [2.24, 2.45) is 0 Å². The van der Waals surface area contributed by atoms with Crippen molar-refractivity contribution < 1.29 is 38.9 Å². The molecule has 0 aromatic carbocycles. The molecule has 148 valence electrons. The summed E-state index contributed by atoms with van der Waals surface area (Å²) >= 11 is 0. The first-order chi connectivity index (χ1) is 12.4. The highest BCUT2D eigenvalue weighted by molar-refractivity contribution is 5.82. The maximum Gasteiger partial charge on any atom is 0.410 e. The Kier molecular flexibility index (Phi) is 9.49. The first kappa shape index (κ1) is 21.2. The predicted molar refractivity (Wildman–Crippen MR) is 81.8 cm³/mol. The molecular formula is C13H21N3O10. The van der Waals surface area contributed by atoms with E-state index in [4.69, 9.17) is 9.47 Å². The molecular weight excluding hydrogens is 358 g/mol. The Hall–Kier alpha value is -2.86. The van der Waals surface area contributed by atoms with E-state index in [2.05, 4.69) is 9.68 Å². The van der Waals surface area contributed by atoms with E-state index in [1.807, 2.05) is 0 Å². The van der Waals surface area contributed by atoms with Crippen molar-refractivity contribution in [2.75, 3.05) is 33.0 Å². The van der Waals surface area contributed by atoms with E-state index in [9.17, 15) is 29.8 Å². The van der Waals surface area contributed by atoms with E-state index in [0.29, 0.717) is 32.2 Å². The lowest BCUT2D eigenvalue weighted by Gasteiger charge is -2.22. The van der Waals surface area contributed by atoms with Gasteiger partial charge in [0, 0.05) is 13.0 Å². The minimum Gasteiger partial charge on any atom is -0.464 e. The lowest BCUT2D eigenvalue weighted by atomic mass is 10.2. The summed E-state index contributed by atoms with van der Waals surface area (Å²) in [5.74, 6) is -0.597. The van der Waals surface area contributed by atoms with E-state index in [0.717, 1.165) is 0 Å². The molecule has 0 saturated carbocycles. The third-order valence-corrected chi connectivity index (χ3v) is 3.45. The summed E-state index contributed by atoms with van der Waals surface area (Å²) in [6, 6.07) is -0.753. The van der Waals surface area contributed by atoms with E-state index in [1.165, 1.54) is 4.90 Å². The van der Waals surface area contributed by atoms with E-state index < -0.39 is 28.3 Å². The molecule has 0 aliphatic carbocycles. The number of esters is 1. The third-order valence-electron chi connectivity index (χ3n) is 3.45. The van der Waals surface area contributed by atoms with Gasteiger partial charge in [-0.05, 0) is 25.7 Å². The van der Waals surface area contributed by atoms with Gasteiger partial charge < -0.3 is 19.1 Å². The summed E-state index contributed by atoms with van der Waals surface area (Å²) in [7, 11) is 0. The quantitative estimate of drug-likeness (QED) is 0.204. The number of hydrogen-bond acceptors (Lipinski definition) is 10. The van der Waals surface area contributed by atoms with Crippen LogP contribution in [0.2, 0.25) is 0 Å². The SMILES string of the molecule is O=C(OCCCO[N+](=O)[O-])C1CCCN1C(=O)OCCCCO[N+](=O)[O-]. The van der Waals surface area contributed by atoms with Crippen LogP contribution in [0, 0.1) is 20.2 Å². The standard InChI is InChI=1S/C13H21N3O10/c17-12(23-8-4-10-26-16(21)22)11-5-3-6-14(11)13(18)24-7-1-2-9-25-15(19)20/h11H,1-10H2. The number of carbonyl (C=O) groups excluding carboxylic acids is 2. The summed E-state index contributed by atoms with van der Waals surface area (Å²) in [6.45, 7) is 0.0899. The Morgan fingerprint density at radius 2 is 1.50 bits per heavy atom. The molecule has 1 fully saturated rings. The monoisotopic (exact) mass is 379 g/mol. The molecule has 1 heterocycles. The molecule has 26 heavy (non-hydrogen) atoms. The van der Waals surface area contributed by atoms with Crippen molar-refractivity contribution >= 4 is 12.1 Å². The number of hydrogen-bond donors (Lipinski definition) is 0. The highest BCUT2D eigenvalue weighted by atomic mass is 17.0. The highest BCUT2D eigenvalue weighted by Gasteiger charge is 2.36. The van der Waals surface area contributed by atoms with E-state index in [1.54, 1.807) is 0 Å². The van der Waals surface area contributed by atoms with Crippen LogP contribution in [0.25, 0.3) is 0 Å². The molecule has 1 unspecified atom stereocenters. The lowest BCUT2D eigenvalue weighted by Crippen LogP contribution is -2.42. The summed E-state index contributed by atoms with van der Waals surface area (Å²) < 4.78 is 10.0. The van der Waals surface area contributed by atoms with Gasteiger partial charge in [0.2, 0.25) is 0 Å². The van der Waals surface area contributed by atoms with Gasteiger partial charge >= 0.3 is 12.1 Å². The fourth-order valence-corrected chi connectivity index (χ4v) is 2.28. The lowest BCUT2D eigenvalue weighted by molar-refractivity contribution is -0.757. The van der Waals surface area contributed by atoms with Gasteiger partial charge in [-0.3, -0.25) is 4.90 Å². The zero-order valence-electron chi connectivity index (χ0n) is 14.1. The maximum atomic E-state index is 12.0. The smallest absolute Gasteiger partial charge is 0.410 e. The van der Waals surface area contributed by atoms with E-state index in [-0.39, 0.29) is 32.8 Å². The number of carbonyl (C=O) groups is 2. The zero-order chi connectivity index (χ0) is 19.4. The van der Waals surface area contributed by atoms with Crippen LogP contribution in [-0.4, -0.2) is 66.1 Å². The molecule has 1 atom stereocenters. The van der Waals surface area contributed by atoms with Crippen LogP contribution in [0.1, 0.15) is 32.1 Å². The Bertz CT molecular complexity index is 501. The van der Waals surface area contributed by atoms with Gasteiger partial charge in [-0.2, -0.15) is 0 Å². The van der Waals surface area contributed by atoms with Crippen LogP contribution in [0.3, 0.4) is 0 Å². The summed E-state index contributed by atoms with van der Waals surface area (Å²) in [5.41, 5.74) is 0. The second kappa shape index (κ2) is 11.7. The second-order valence-corrected chi connectivity index (χ2v) is 5.31. The number of unbranched alkanes of at least 4 members (excludes halogenated alkanes) is 1. The molecule has 1 rings (SSSR count). The number of nitrogens with zero attached hydrogens (tertiary/aromatic N) is 3. The molecule has 0 radical (unpaired) electrons. The fraction of sp³-hybridized carbons (Fsp3) is 0.846. The Balaban J connectivity index is 2.23. The first-order valence-electron chi connectivity index (χ1n) is 8.06. The maximum absolute atomic E-state index is 12.0. The average Bonchev–Trinajstić information content (AvgIpc) is 3.06. The number of ether oxygens (including phenoxy) is 2. The molecule has 0 aromatic heterocycles. The van der Waals surface area contributed by atoms with Crippen LogP contribution in [-0.2, 0) is 23.9 Å². The summed E-state index contributed by atoms with van der Waals surface area (Å²) in [4.78, 5) is 53.5. The normalized spacial score (nSPS) is 16.0. The molecule has 1 aliphatic rings. The van der Waals surface area contributed by atoms with Gasteiger partial charge in [0.1, 0.15) is 6.04 Å². The predicted octanol–water partition coefficient (Wildman–Crippen LogP) is 0.718. The molecule has 1 aliphatic heterocycles. The highest BCUT2D eigenvalue weighted by Crippen LogP contribution is 2.19. The molecule has 1 amide bonds. The number of amides is 1. The molecule has 0 spiro atoms. The van der Waals surface area contributed by atoms with Gasteiger partial charge in [0.15, 0.2) is 0 Å².